The van der Waals surface area contributed by atoms with Crippen molar-refractivity contribution < 1.29 is 8.85 Å². The maximum absolute atomic E-state index is 7.76. The topological polar surface area (TPSA) is 44.5 Å². The maximum atomic E-state index is 7.76. The lowest BCUT2D eigenvalue weighted by atomic mass is 10.2. The highest BCUT2D eigenvalue weighted by atomic mass is 28.3. The summed E-state index contributed by atoms with van der Waals surface area (Å²) >= 11 is 0. The molecule has 0 fully saturated rings. The van der Waals surface area contributed by atoms with Crippen LogP contribution in [0.4, 0.5) is 0 Å². The van der Waals surface area contributed by atoms with Gasteiger partial charge in [0.1, 0.15) is 0 Å². The van der Waals surface area contributed by atoms with Crippen LogP contribution in [-0.2, 0) is 8.85 Å². The van der Waals surface area contributed by atoms with Crippen molar-refractivity contribution in [3.05, 3.63) is 0 Å². The zero-order valence-electron chi connectivity index (χ0n) is 9.30. The first-order valence-corrected chi connectivity index (χ1v) is 6.35. The van der Waals surface area contributed by atoms with Gasteiger partial charge in [0.05, 0.1) is 1.23 Å². The Morgan fingerprint density at radius 2 is 2.33 bits per heavy atom. The minimum absolute atomic E-state index is 0.0873. The van der Waals surface area contributed by atoms with E-state index in [-0.39, 0.29) is 6.10 Å². The van der Waals surface area contributed by atoms with Crippen molar-refractivity contribution >= 4 is 9.22 Å². The first-order valence-electron chi connectivity index (χ1n) is 5.03. The molecule has 0 radical (unpaired) electrons. The molecule has 0 amide bonds. The van der Waals surface area contributed by atoms with Gasteiger partial charge in [0.2, 0.25) is 0 Å². The van der Waals surface area contributed by atoms with Gasteiger partial charge in [-0.15, -0.1) is 0 Å². The molecule has 2 N–H and O–H groups in total. The molecule has 0 saturated heterocycles. The van der Waals surface area contributed by atoms with Crippen LogP contribution >= 0.6 is 0 Å². The molecule has 0 heterocycles. The smallest absolute Gasteiger partial charge is 0.318 e. The Hall–Kier alpha value is 0.0969. The van der Waals surface area contributed by atoms with Gasteiger partial charge in [0.25, 0.3) is 0 Å². The summed E-state index contributed by atoms with van der Waals surface area (Å²) in [5.74, 6) is 0. The van der Waals surface area contributed by atoms with Gasteiger partial charge in [-0.25, -0.2) is 0 Å². The summed E-state index contributed by atoms with van der Waals surface area (Å²) < 4.78 is 18.5. The predicted octanol–water partition coefficient (Wildman–Crippen LogP) is 1.02. The average molecular weight is 192 g/mol. The largest absolute Gasteiger partial charge is 0.397 e. The van der Waals surface area contributed by atoms with E-state index in [1.807, 2.05) is 13.8 Å². The monoisotopic (exact) mass is 192 g/mol. The summed E-state index contributed by atoms with van der Waals surface area (Å²) in [6, 6.07) is 0. The van der Waals surface area contributed by atoms with Crippen molar-refractivity contribution in [2.45, 2.75) is 39.3 Å². The SMILES string of the molecule is [2H][Si](C)(OCC)OC(C)CCCN. The lowest BCUT2D eigenvalue weighted by molar-refractivity contribution is 0.147. The van der Waals surface area contributed by atoms with E-state index in [1.165, 1.54) is 0 Å². The molecule has 0 saturated carbocycles. The summed E-state index contributed by atoms with van der Waals surface area (Å²) in [5, 5.41) is 0. The van der Waals surface area contributed by atoms with E-state index in [1.54, 1.807) is 6.55 Å². The van der Waals surface area contributed by atoms with Crippen LogP contribution in [-0.4, -0.2) is 29.7 Å². The predicted molar refractivity (Wildman–Crippen MR) is 53.5 cm³/mol. The van der Waals surface area contributed by atoms with Crippen LogP contribution in [0.2, 0.25) is 6.55 Å². The van der Waals surface area contributed by atoms with E-state index in [9.17, 15) is 0 Å². The molecular weight excluding hydrogens is 170 g/mol. The summed E-state index contributed by atoms with van der Waals surface area (Å²) in [4.78, 5) is 0. The number of rotatable bonds is 7. The second kappa shape index (κ2) is 7.73. The lowest BCUT2D eigenvalue weighted by Gasteiger charge is -2.17. The van der Waals surface area contributed by atoms with E-state index < -0.39 is 9.22 Å². The maximum Gasteiger partial charge on any atom is 0.318 e. The van der Waals surface area contributed by atoms with Gasteiger partial charge >= 0.3 is 9.22 Å². The summed E-state index contributed by atoms with van der Waals surface area (Å²) in [6.07, 6.45) is 1.94. The van der Waals surface area contributed by atoms with Gasteiger partial charge in [-0.1, -0.05) is 0 Å². The van der Waals surface area contributed by atoms with Crippen molar-refractivity contribution in [2.24, 2.45) is 5.73 Å². The standard InChI is InChI=1S/C8H21NO2Si/c1-4-10-12(3)11-8(2)6-5-7-9/h8,12H,4-7,9H2,1-3H3/i12D. The highest BCUT2D eigenvalue weighted by molar-refractivity contribution is 6.42. The van der Waals surface area contributed by atoms with Crippen molar-refractivity contribution in [2.75, 3.05) is 13.2 Å². The third kappa shape index (κ3) is 6.79. The summed E-state index contributed by atoms with van der Waals surface area (Å²) in [7, 11) is -2.61. The van der Waals surface area contributed by atoms with Gasteiger partial charge in [0, 0.05) is 12.7 Å². The Labute approximate surface area is 78.3 Å². The Kier molecular flexibility index (Phi) is 6.56. The number of hydrogen-bond donors (Lipinski definition) is 1. The van der Waals surface area contributed by atoms with E-state index in [0.717, 1.165) is 12.8 Å². The normalized spacial score (nSPS) is 19.8. The molecule has 74 valence electrons. The van der Waals surface area contributed by atoms with Crippen LogP contribution in [0.5, 0.6) is 0 Å². The molecule has 0 aliphatic rings. The van der Waals surface area contributed by atoms with Gasteiger partial charge < -0.3 is 14.6 Å². The van der Waals surface area contributed by atoms with Gasteiger partial charge in [-0.2, -0.15) is 0 Å². The molecule has 0 aromatic carbocycles. The van der Waals surface area contributed by atoms with Crippen molar-refractivity contribution in [1.82, 2.24) is 0 Å². The zero-order chi connectivity index (χ0) is 10.3. The van der Waals surface area contributed by atoms with Crippen LogP contribution in [0.25, 0.3) is 0 Å². The number of hydrogen-bond acceptors (Lipinski definition) is 3. The summed E-state index contributed by atoms with van der Waals surface area (Å²) in [5.41, 5.74) is 5.38. The average Bonchev–Trinajstić information content (AvgIpc) is 1.99. The minimum atomic E-state index is -2.61. The third-order valence-corrected chi connectivity index (χ3v) is 2.96. The van der Waals surface area contributed by atoms with Gasteiger partial charge in [-0.05, 0) is 39.8 Å². The first-order chi connectivity index (χ1) is 6.02. The molecule has 0 aromatic rings. The quantitative estimate of drug-likeness (QED) is 0.612. The molecule has 0 aromatic heterocycles. The van der Waals surface area contributed by atoms with E-state index >= 15 is 0 Å². The fraction of sp³-hybridized carbons (Fsp3) is 1.00. The Morgan fingerprint density at radius 3 is 2.83 bits per heavy atom. The van der Waals surface area contributed by atoms with Crippen LogP contribution < -0.4 is 5.73 Å². The summed E-state index contributed by atoms with van der Waals surface area (Å²) in [6.45, 7) is 6.83. The fourth-order valence-corrected chi connectivity index (χ4v) is 2.14. The number of nitrogens with two attached hydrogens (primary N) is 1. The van der Waals surface area contributed by atoms with E-state index in [0.29, 0.717) is 13.2 Å². The van der Waals surface area contributed by atoms with Gasteiger partial charge in [-0.3, -0.25) is 0 Å². The molecule has 4 heteroatoms. The van der Waals surface area contributed by atoms with E-state index in [2.05, 4.69) is 0 Å². The molecule has 12 heavy (non-hydrogen) atoms. The second-order valence-corrected chi connectivity index (χ2v) is 4.29. The van der Waals surface area contributed by atoms with Crippen LogP contribution in [0.15, 0.2) is 0 Å². The molecule has 0 spiro atoms. The third-order valence-electron chi connectivity index (χ3n) is 1.53. The van der Waals surface area contributed by atoms with Crippen LogP contribution in [0.3, 0.4) is 0 Å². The zero-order valence-corrected chi connectivity index (χ0v) is 9.30. The second-order valence-electron chi connectivity index (χ2n) is 2.78. The molecule has 2 unspecified atom stereocenters. The van der Waals surface area contributed by atoms with E-state index in [4.69, 9.17) is 15.8 Å². The van der Waals surface area contributed by atoms with Crippen molar-refractivity contribution in [3.63, 3.8) is 0 Å². The van der Waals surface area contributed by atoms with Crippen molar-refractivity contribution in [1.29, 1.82) is 1.23 Å². The Balaban J connectivity index is 3.68. The molecule has 0 rings (SSSR count). The molecule has 3 nitrogen and oxygen atoms in total. The molecule has 2 atom stereocenters. The Bertz CT molecular complexity index is 135. The molecular formula is C8H21NO2Si. The minimum Gasteiger partial charge on any atom is -0.397 e. The van der Waals surface area contributed by atoms with Crippen LogP contribution in [0, 0.1) is 0 Å². The van der Waals surface area contributed by atoms with Gasteiger partial charge in [0.15, 0.2) is 0 Å². The van der Waals surface area contributed by atoms with Crippen molar-refractivity contribution in [3.8, 4) is 0 Å². The van der Waals surface area contributed by atoms with Crippen LogP contribution in [0.1, 0.15) is 26.7 Å². The lowest BCUT2D eigenvalue weighted by Crippen LogP contribution is -2.24. The highest BCUT2D eigenvalue weighted by Crippen LogP contribution is 2.03. The fourth-order valence-electron chi connectivity index (χ4n) is 0.985. The molecule has 0 aliphatic carbocycles. The molecule has 0 aliphatic heterocycles. The Morgan fingerprint density at radius 1 is 1.67 bits per heavy atom. The molecule has 0 bridgehead atoms. The highest BCUT2D eigenvalue weighted by Gasteiger charge is 2.09. The first kappa shape index (κ1) is 10.2.